The van der Waals surface area contributed by atoms with E-state index in [2.05, 4.69) is 38.1 Å². The summed E-state index contributed by atoms with van der Waals surface area (Å²) in [6.45, 7) is 3.77. The van der Waals surface area contributed by atoms with E-state index < -0.39 is 0 Å². The zero-order valence-corrected chi connectivity index (χ0v) is 10.6. The number of rotatable bonds is 6. The SMILES string of the molecule is CCNc1cncc(NCCc2cccs2)n1. The van der Waals surface area contributed by atoms with Crippen LogP contribution in [0.3, 0.4) is 0 Å². The molecule has 0 aliphatic heterocycles. The van der Waals surface area contributed by atoms with Gasteiger partial charge in [-0.15, -0.1) is 11.3 Å². The van der Waals surface area contributed by atoms with Crippen LogP contribution < -0.4 is 10.6 Å². The second kappa shape index (κ2) is 6.20. The van der Waals surface area contributed by atoms with Crippen molar-refractivity contribution in [3.8, 4) is 0 Å². The monoisotopic (exact) mass is 248 g/mol. The van der Waals surface area contributed by atoms with Gasteiger partial charge in [-0.25, -0.2) is 4.98 Å². The normalized spacial score (nSPS) is 10.2. The first kappa shape index (κ1) is 11.9. The third-order valence-electron chi connectivity index (χ3n) is 2.25. The zero-order chi connectivity index (χ0) is 11.9. The fraction of sp³-hybridized carbons (Fsp3) is 0.333. The Morgan fingerprint density at radius 3 is 2.76 bits per heavy atom. The Bertz CT molecular complexity index is 442. The van der Waals surface area contributed by atoms with Gasteiger partial charge in [0.1, 0.15) is 11.6 Å². The molecule has 90 valence electrons. The molecule has 0 unspecified atom stereocenters. The van der Waals surface area contributed by atoms with Crippen LogP contribution in [0, 0.1) is 0 Å². The number of nitrogens with zero attached hydrogens (tertiary/aromatic N) is 2. The maximum absolute atomic E-state index is 4.40. The standard InChI is InChI=1S/C12H16N4S/c1-2-14-11-8-13-9-12(16-11)15-6-5-10-4-3-7-17-10/h3-4,7-9H,2,5-6H2,1H3,(H2,14,15,16). The van der Waals surface area contributed by atoms with Crippen LogP contribution >= 0.6 is 11.3 Å². The summed E-state index contributed by atoms with van der Waals surface area (Å²) in [6.07, 6.45) is 4.49. The van der Waals surface area contributed by atoms with Crippen LogP contribution in [0.1, 0.15) is 11.8 Å². The molecular weight excluding hydrogens is 232 g/mol. The molecule has 0 aliphatic carbocycles. The van der Waals surface area contributed by atoms with Crippen molar-refractivity contribution in [2.75, 3.05) is 23.7 Å². The van der Waals surface area contributed by atoms with Crippen molar-refractivity contribution >= 4 is 23.0 Å². The summed E-state index contributed by atoms with van der Waals surface area (Å²) in [5.41, 5.74) is 0. The van der Waals surface area contributed by atoms with E-state index in [1.807, 2.05) is 6.92 Å². The van der Waals surface area contributed by atoms with E-state index in [1.165, 1.54) is 4.88 Å². The lowest BCUT2D eigenvalue weighted by atomic mass is 10.3. The minimum Gasteiger partial charge on any atom is -0.369 e. The molecule has 0 radical (unpaired) electrons. The van der Waals surface area contributed by atoms with Gasteiger partial charge in [0.15, 0.2) is 0 Å². The summed E-state index contributed by atoms with van der Waals surface area (Å²) in [7, 11) is 0. The Morgan fingerprint density at radius 1 is 1.24 bits per heavy atom. The highest BCUT2D eigenvalue weighted by molar-refractivity contribution is 7.09. The summed E-state index contributed by atoms with van der Waals surface area (Å²) >= 11 is 1.78. The van der Waals surface area contributed by atoms with Crippen molar-refractivity contribution in [3.63, 3.8) is 0 Å². The summed E-state index contributed by atoms with van der Waals surface area (Å²) in [6, 6.07) is 4.22. The molecule has 0 spiro atoms. The van der Waals surface area contributed by atoms with Crippen LogP contribution in [0.15, 0.2) is 29.9 Å². The van der Waals surface area contributed by atoms with E-state index in [4.69, 9.17) is 0 Å². The molecule has 0 fully saturated rings. The molecule has 4 nitrogen and oxygen atoms in total. The fourth-order valence-electron chi connectivity index (χ4n) is 1.49. The minimum absolute atomic E-state index is 0.814. The lowest BCUT2D eigenvalue weighted by molar-refractivity contribution is 1.02. The first-order valence-electron chi connectivity index (χ1n) is 5.70. The number of hydrogen-bond acceptors (Lipinski definition) is 5. The Labute approximate surface area is 105 Å². The van der Waals surface area contributed by atoms with E-state index in [0.29, 0.717) is 0 Å². The molecular formula is C12H16N4S. The molecule has 0 saturated heterocycles. The Hall–Kier alpha value is -1.62. The van der Waals surface area contributed by atoms with Gasteiger partial charge in [0, 0.05) is 18.0 Å². The smallest absolute Gasteiger partial charge is 0.146 e. The van der Waals surface area contributed by atoms with Crippen molar-refractivity contribution in [2.24, 2.45) is 0 Å². The van der Waals surface area contributed by atoms with Crippen molar-refractivity contribution < 1.29 is 0 Å². The number of aromatic nitrogens is 2. The van der Waals surface area contributed by atoms with Crippen LogP contribution in [0.5, 0.6) is 0 Å². The summed E-state index contributed by atoms with van der Waals surface area (Å²) in [5.74, 6) is 1.63. The molecule has 2 heterocycles. The molecule has 2 aromatic heterocycles. The molecule has 2 aromatic rings. The topological polar surface area (TPSA) is 49.8 Å². The molecule has 2 rings (SSSR count). The Balaban J connectivity index is 1.84. The first-order valence-corrected chi connectivity index (χ1v) is 6.58. The fourth-order valence-corrected chi connectivity index (χ4v) is 2.20. The predicted octanol–water partition coefficient (Wildman–Crippen LogP) is 2.62. The van der Waals surface area contributed by atoms with E-state index in [-0.39, 0.29) is 0 Å². The average molecular weight is 248 g/mol. The molecule has 17 heavy (non-hydrogen) atoms. The van der Waals surface area contributed by atoms with Crippen molar-refractivity contribution in [1.29, 1.82) is 0 Å². The van der Waals surface area contributed by atoms with Gasteiger partial charge in [0.2, 0.25) is 0 Å². The number of anilines is 2. The molecule has 0 aromatic carbocycles. The van der Waals surface area contributed by atoms with Crippen LogP contribution in [-0.2, 0) is 6.42 Å². The number of nitrogens with one attached hydrogen (secondary N) is 2. The average Bonchev–Trinajstić information content (AvgIpc) is 2.83. The molecule has 0 saturated carbocycles. The van der Waals surface area contributed by atoms with Gasteiger partial charge in [0.05, 0.1) is 12.4 Å². The largest absolute Gasteiger partial charge is 0.369 e. The maximum atomic E-state index is 4.40. The van der Waals surface area contributed by atoms with Crippen molar-refractivity contribution in [1.82, 2.24) is 9.97 Å². The van der Waals surface area contributed by atoms with Crippen LogP contribution in [-0.4, -0.2) is 23.1 Å². The maximum Gasteiger partial charge on any atom is 0.146 e. The predicted molar refractivity (Wildman–Crippen MR) is 72.7 cm³/mol. The highest BCUT2D eigenvalue weighted by Gasteiger charge is 1.98. The lowest BCUT2D eigenvalue weighted by Gasteiger charge is -2.06. The summed E-state index contributed by atoms with van der Waals surface area (Å²) in [5, 5.41) is 8.51. The summed E-state index contributed by atoms with van der Waals surface area (Å²) in [4.78, 5) is 9.92. The van der Waals surface area contributed by atoms with Crippen LogP contribution in [0.25, 0.3) is 0 Å². The van der Waals surface area contributed by atoms with E-state index in [0.717, 1.165) is 31.1 Å². The van der Waals surface area contributed by atoms with Gasteiger partial charge in [-0.3, -0.25) is 4.98 Å². The van der Waals surface area contributed by atoms with Gasteiger partial charge in [-0.1, -0.05) is 6.07 Å². The lowest BCUT2D eigenvalue weighted by Crippen LogP contribution is -2.07. The molecule has 0 bridgehead atoms. The van der Waals surface area contributed by atoms with Crippen molar-refractivity contribution in [3.05, 3.63) is 34.8 Å². The van der Waals surface area contributed by atoms with Crippen molar-refractivity contribution in [2.45, 2.75) is 13.3 Å². The molecule has 5 heteroatoms. The summed E-state index contributed by atoms with van der Waals surface area (Å²) < 4.78 is 0. The van der Waals surface area contributed by atoms with Gasteiger partial charge >= 0.3 is 0 Å². The molecule has 0 amide bonds. The van der Waals surface area contributed by atoms with Crippen LogP contribution in [0.2, 0.25) is 0 Å². The third-order valence-corrected chi connectivity index (χ3v) is 3.19. The number of thiophene rings is 1. The minimum atomic E-state index is 0.814. The van der Waals surface area contributed by atoms with Gasteiger partial charge in [-0.2, -0.15) is 0 Å². The Morgan fingerprint density at radius 2 is 2.06 bits per heavy atom. The van der Waals surface area contributed by atoms with Crippen LogP contribution in [0.4, 0.5) is 11.6 Å². The highest BCUT2D eigenvalue weighted by Crippen LogP contribution is 2.10. The van der Waals surface area contributed by atoms with E-state index in [9.17, 15) is 0 Å². The first-order chi connectivity index (χ1) is 8.38. The highest BCUT2D eigenvalue weighted by atomic mass is 32.1. The molecule has 2 N–H and O–H groups in total. The second-order valence-corrected chi connectivity index (χ2v) is 4.61. The van der Waals surface area contributed by atoms with E-state index in [1.54, 1.807) is 23.7 Å². The molecule has 0 atom stereocenters. The van der Waals surface area contributed by atoms with Gasteiger partial charge in [0.25, 0.3) is 0 Å². The van der Waals surface area contributed by atoms with Gasteiger partial charge < -0.3 is 10.6 Å². The third kappa shape index (κ3) is 3.71. The second-order valence-electron chi connectivity index (χ2n) is 3.58. The molecule has 0 aliphatic rings. The van der Waals surface area contributed by atoms with Gasteiger partial charge in [-0.05, 0) is 24.8 Å². The van der Waals surface area contributed by atoms with E-state index >= 15 is 0 Å². The quantitative estimate of drug-likeness (QED) is 0.825. The zero-order valence-electron chi connectivity index (χ0n) is 9.81. The number of hydrogen-bond donors (Lipinski definition) is 2. The Kier molecular flexibility index (Phi) is 4.32.